The molecular formula is C13H15N3OS. The fourth-order valence-electron chi connectivity index (χ4n) is 1.64. The van der Waals surface area contributed by atoms with E-state index in [0.717, 1.165) is 17.7 Å². The van der Waals surface area contributed by atoms with Crippen LogP contribution in [-0.4, -0.2) is 17.4 Å². The Balaban J connectivity index is 1.93. The number of anilines is 1. The zero-order chi connectivity index (χ0) is 13.0. The minimum Gasteiger partial charge on any atom is -0.398 e. The Hall–Kier alpha value is -1.88. The van der Waals surface area contributed by atoms with Gasteiger partial charge >= 0.3 is 0 Å². The zero-order valence-electron chi connectivity index (χ0n) is 10.1. The van der Waals surface area contributed by atoms with Gasteiger partial charge in [-0.05, 0) is 18.6 Å². The second kappa shape index (κ2) is 5.64. The average Bonchev–Trinajstić information content (AvgIpc) is 2.85. The molecule has 0 saturated carbocycles. The fraction of sp³-hybridized carbons (Fsp3) is 0.231. The molecule has 0 atom stereocenters. The van der Waals surface area contributed by atoms with Crippen molar-refractivity contribution in [2.75, 3.05) is 12.3 Å². The molecule has 2 rings (SSSR count). The lowest BCUT2D eigenvalue weighted by Gasteiger charge is -2.08. The number of thiazole rings is 1. The van der Waals surface area contributed by atoms with E-state index in [1.165, 1.54) is 0 Å². The van der Waals surface area contributed by atoms with Gasteiger partial charge < -0.3 is 11.1 Å². The highest BCUT2D eigenvalue weighted by atomic mass is 32.1. The van der Waals surface area contributed by atoms with Crippen LogP contribution in [0.1, 0.15) is 21.6 Å². The van der Waals surface area contributed by atoms with Crippen LogP contribution in [0.3, 0.4) is 0 Å². The summed E-state index contributed by atoms with van der Waals surface area (Å²) in [4.78, 5) is 16.1. The van der Waals surface area contributed by atoms with E-state index in [9.17, 15) is 4.79 Å². The van der Waals surface area contributed by atoms with Crippen LogP contribution in [0.25, 0.3) is 0 Å². The van der Waals surface area contributed by atoms with E-state index in [1.54, 1.807) is 22.9 Å². The summed E-state index contributed by atoms with van der Waals surface area (Å²) in [5.74, 6) is -0.133. The van der Waals surface area contributed by atoms with E-state index in [1.807, 2.05) is 24.4 Å². The van der Waals surface area contributed by atoms with Crippen molar-refractivity contribution in [2.24, 2.45) is 0 Å². The first-order valence-corrected chi connectivity index (χ1v) is 6.63. The SMILES string of the molecule is Cc1cccc(C(=O)NCCc2cscn2)c1N. The van der Waals surface area contributed by atoms with Crippen molar-refractivity contribution < 1.29 is 4.79 Å². The maximum Gasteiger partial charge on any atom is 0.253 e. The summed E-state index contributed by atoms with van der Waals surface area (Å²) in [6.45, 7) is 2.46. The Kier molecular flexibility index (Phi) is 3.94. The number of nitrogen functional groups attached to an aromatic ring is 1. The number of carbonyl (C=O) groups is 1. The molecule has 0 aliphatic heterocycles. The molecule has 2 aromatic rings. The number of carbonyl (C=O) groups excluding carboxylic acids is 1. The number of para-hydroxylation sites is 1. The number of aromatic nitrogens is 1. The summed E-state index contributed by atoms with van der Waals surface area (Å²) >= 11 is 1.56. The van der Waals surface area contributed by atoms with Gasteiger partial charge in [-0.3, -0.25) is 4.79 Å². The molecule has 0 unspecified atom stereocenters. The van der Waals surface area contributed by atoms with Crippen molar-refractivity contribution >= 4 is 22.9 Å². The van der Waals surface area contributed by atoms with Crippen molar-refractivity contribution in [3.8, 4) is 0 Å². The van der Waals surface area contributed by atoms with E-state index < -0.39 is 0 Å². The molecule has 1 aromatic heterocycles. The number of nitrogens with zero attached hydrogens (tertiary/aromatic N) is 1. The van der Waals surface area contributed by atoms with Crippen molar-refractivity contribution in [3.05, 3.63) is 45.9 Å². The van der Waals surface area contributed by atoms with Crippen molar-refractivity contribution in [2.45, 2.75) is 13.3 Å². The standard InChI is InChI=1S/C13H15N3OS/c1-9-3-2-4-11(12(9)14)13(17)15-6-5-10-7-18-8-16-10/h2-4,7-8H,5-6,14H2,1H3,(H,15,17). The first kappa shape index (κ1) is 12.6. The minimum atomic E-state index is -0.133. The topological polar surface area (TPSA) is 68.0 Å². The van der Waals surface area contributed by atoms with Gasteiger partial charge in [0.15, 0.2) is 0 Å². The summed E-state index contributed by atoms with van der Waals surface area (Å²) in [5.41, 5.74) is 10.7. The van der Waals surface area contributed by atoms with Crippen LogP contribution in [-0.2, 0) is 6.42 Å². The third-order valence-electron chi connectivity index (χ3n) is 2.72. The molecule has 94 valence electrons. The maximum atomic E-state index is 11.9. The highest BCUT2D eigenvalue weighted by Gasteiger charge is 2.10. The Morgan fingerprint density at radius 1 is 1.50 bits per heavy atom. The lowest BCUT2D eigenvalue weighted by molar-refractivity contribution is 0.0955. The molecule has 18 heavy (non-hydrogen) atoms. The quantitative estimate of drug-likeness (QED) is 0.827. The number of hydrogen-bond donors (Lipinski definition) is 2. The van der Waals surface area contributed by atoms with E-state index in [4.69, 9.17) is 5.73 Å². The Morgan fingerprint density at radius 2 is 2.33 bits per heavy atom. The third-order valence-corrected chi connectivity index (χ3v) is 3.35. The van der Waals surface area contributed by atoms with Gasteiger partial charge in [-0.25, -0.2) is 4.98 Å². The van der Waals surface area contributed by atoms with Crippen LogP contribution in [0.5, 0.6) is 0 Å². The normalized spacial score (nSPS) is 10.3. The van der Waals surface area contributed by atoms with Gasteiger partial charge in [0.25, 0.3) is 5.91 Å². The van der Waals surface area contributed by atoms with Gasteiger partial charge in [0.05, 0.1) is 16.8 Å². The molecule has 0 aliphatic rings. The number of amides is 1. The second-order valence-electron chi connectivity index (χ2n) is 4.02. The highest BCUT2D eigenvalue weighted by Crippen LogP contribution is 2.16. The molecule has 0 aliphatic carbocycles. The third kappa shape index (κ3) is 2.87. The summed E-state index contributed by atoms with van der Waals surface area (Å²) in [6.07, 6.45) is 0.737. The molecule has 0 spiro atoms. The van der Waals surface area contributed by atoms with E-state index >= 15 is 0 Å². The van der Waals surface area contributed by atoms with Crippen LogP contribution in [0.4, 0.5) is 5.69 Å². The predicted octanol–water partition coefficient (Wildman–Crippen LogP) is 2.01. The second-order valence-corrected chi connectivity index (χ2v) is 4.74. The summed E-state index contributed by atoms with van der Waals surface area (Å²) in [5, 5.41) is 4.83. The van der Waals surface area contributed by atoms with Gasteiger partial charge in [-0.15, -0.1) is 11.3 Å². The van der Waals surface area contributed by atoms with E-state index in [-0.39, 0.29) is 5.91 Å². The van der Waals surface area contributed by atoms with Crippen molar-refractivity contribution in [3.63, 3.8) is 0 Å². The monoisotopic (exact) mass is 261 g/mol. The molecule has 0 radical (unpaired) electrons. The van der Waals surface area contributed by atoms with Gasteiger partial charge in [0, 0.05) is 24.0 Å². The molecule has 1 amide bonds. The Bertz CT molecular complexity index is 537. The van der Waals surface area contributed by atoms with E-state index in [2.05, 4.69) is 10.3 Å². The highest BCUT2D eigenvalue weighted by molar-refractivity contribution is 7.07. The Morgan fingerprint density at radius 3 is 3.06 bits per heavy atom. The molecular weight excluding hydrogens is 246 g/mol. The number of aryl methyl sites for hydroxylation is 1. The molecule has 0 saturated heterocycles. The number of rotatable bonds is 4. The number of hydrogen-bond acceptors (Lipinski definition) is 4. The van der Waals surface area contributed by atoms with Gasteiger partial charge in [-0.1, -0.05) is 12.1 Å². The summed E-state index contributed by atoms with van der Waals surface area (Å²) < 4.78 is 0. The fourth-order valence-corrected chi connectivity index (χ4v) is 2.23. The molecule has 1 aromatic carbocycles. The number of nitrogens with two attached hydrogens (primary N) is 1. The maximum absolute atomic E-state index is 11.9. The summed E-state index contributed by atoms with van der Waals surface area (Å²) in [7, 11) is 0. The minimum absolute atomic E-state index is 0.133. The van der Waals surface area contributed by atoms with Gasteiger partial charge in [0.2, 0.25) is 0 Å². The van der Waals surface area contributed by atoms with Crippen molar-refractivity contribution in [1.82, 2.24) is 10.3 Å². The number of nitrogens with one attached hydrogen (secondary N) is 1. The lowest BCUT2D eigenvalue weighted by Crippen LogP contribution is -2.26. The van der Waals surface area contributed by atoms with Crippen LogP contribution < -0.4 is 11.1 Å². The molecule has 4 nitrogen and oxygen atoms in total. The average molecular weight is 261 g/mol. The van der Waals surface area contributed by atoms with Crippen LogP contribution in [0.15, 0.2) is 29.1 Å². The lowest BCUT2D eigenvalue weighted by atomic mass is 10.1. The molecule has 0 bridgehead atoms. The smallest absolute Gasteiger partial charge is 0.253 e. The first-order chi connectivity index (χ1) is 8.68. The van der Waals surface area contributed by atoms with Gasteiger partial charge in [-0.2, -0.15) is 0 Å². The van der Waals surface area contributed by atoms with E-state index in [0.29, 0.717) is 17.8 Å². The Labute approximate surface area is 110 Å². The van der Waals surface area contributed by atoms with Crippen molar-refractivity contribution in [1.29, 1.82) is 0 Å². The van der Waals surface area contributed by atoms with Gasteiger partial charge in [0.1, 0.15) is 0 Å². The molecule has 3 N–H and O–H groups in total. The first-order valence-electron chi connectivity index (χ1n) is 5.69. The van der Waals surface area contributed by atoms with Crippen LogP contribution >= 0.6 is 11.3 Å². The molecule has 0 fully saturated rings. The molecule has 1 heterocycles. The van der Waals surface area contributed by atoms with Crippen LogP contribution in [0.2, 0.25) is 0 Å². The predicted molar refractivity (Wildman–Crippen MR) is 73.7 cm³/mol. The number of benzene rings is 1. The summed E-state index contributed by atoms with van der Waals surface area (Å²) in [6, 6.07) is 5.46. The zero-order valence-corrected chi connectivity index (χ0v) is 11.0. The molecule has 5 heteroatoms. The van der Waals surface area contributed by atoms with Crippen LogP contribution in [0, 0.1) is 6.92 Å². The largest absolute Gasteiger partial charge is 0.398 e.